The van der Waals surface area contributed by atoms with E-state index in [1.165, 1.54) is 25.7 Å². The van der Waals surface area contributed by atoms with Gasteiger partial charge in [-0.2, -0.15) is 0 Å². The van der Waals surface area contributed by atoms with Crippen LogP contribution in [-0.4, -0.2) is 6.61 Å². The summed E-state index contributed by atoms with van der Waals surface area (Å²) in [5, 5.41) is 0. The van der Waals surface area contributed by atoms with Gasteiger partial charge < -0.3 is 4.74 Å². The molecule has 1 aromatic rings. The second-order valence-electron chi connectivity index (χ2n) is 3.87. The lowest BCUT2D eigenvalue weighted by atomic mass is 10.2. The van der Waals surface area contributed by atoms with Crippen molar-refractivity contribution in [2.24, 2.45) is 0 Å². The maximum absolute atomic E-state index is 6.83. The Bertz CT molecular complexity index is 324. The smallest absolute Gasteiger partial charge is 0.187 e. The van der Waals surface area contributed by atoms with Gasteiger partial charge >= 0.3 is 0 Å². The summed E-state index contributed by atoms with van der Waals surface area (Å²) in [6, 6.07) is 7.30. The molecule has 0 amide bonds. The summed E-state index contributed by atoms with van der Waals surface area (Å²) < 4.78 is 5.58. The molecule has 0 bridgehead atoms. The zero-order valence-corrected chi connectivity index (χ0v) is 9.91. The fraction of sp³-hybridized carbons (Fsp3) is 0.500. The SMILES string of the molecule is [C-]#[N+]c1ccc(OCCCCCCC)cc1. The molecule has 0 saturated carbocycles. The normalized spacial score (nSPS) is 9.75. The molecule has 0 saturated heterocycles. The molecule has 0 spiro atoms. The topological polar surface area (TPSA) is 13.6 Å². The van der Waals surface area contributed by atoms with Gasteiger partial charge in [0.2, 0.25) is 0 Å². The van der Waals surface area contributed by atoms with Crippen molar-refractivity contribution in [1.29, 1.82) is 0 Å². The Kier molecular flexibility index (Phi) is 6.10. The van der Waals surface area contributed by atoms with E-state index in [1.54, 1.807) is 12.1 Å². The lowest BCUT2D eigenvalue weighted by Crippen LogP contribution is -1.96. The Labute approximate surface area is 98.1 Å². The van der Waals surface area contributed by atoms with E-state index in [2.05, 4.69) is 11.8 Å². The molecule has 0 fully saturated rings. The molecule has 0 unspecified atom stereocenters. The van der Waals surface area contributed by atoms with Crippen LogP contribution < -0.4 is 4.74 Å². The van der Waals surface area contributed by atoms with Crippen molar-refractivity contribution < 1.29 is 4.74 Å². The second kappa shape index (κ2) is 7.76. The van der Waals surface area contributed by atoms with E-state index >= 15 is 0 Å². The first-order valence-electron chi connectivity index (χ1n) is 5.97. The number of hydrogen-bond acceptors (Lipinski definition) is 1. The Hall–Kier alpha value is -1.49. The largest absolute Gasteiger partial charge is 0.494 e. The lowest BCUT2D eigenvalue weighted by Gasteiger charge is -2.05. The van der Waals surface area contributed by atoms with Crippen LogP contribution in [0.25, 0.3) is 4.85 Å². The van der Waals surface area contributed by atoms with Crippen molar-refractivity contribution in [2.45, 2.75) is 39.0 Å². The van der Waals surface area contributed by atoms with Gasteiger partial charge in [0.05, 0.1) is 13.2 Å². The van der Waals surface area contributed by atoms with E-state index in [1.807, 2.05) is 12.1 Å². The number of nitrogens with zero attached hydrogens (tertiary/aromatic N) is 1. The molecule has 0 heterocycles. The Balaban J connectivity index is 2.15. The number of unbranched alkanes of at least 4 members (excludes halogenated alkanes) is 4. The van der Waals surface area contributed by atoms with Crippen LogP contribution in [0.5, 0.6) is 5.75 Å². The Morgan fingerprint density at radius 1 is 1.06 bits per heavy atom. The number of ether oxygens (including phenoxy) is 1. The lowest BCUT2D eigenvalue weighted by molar-refractivity contribution is 0.304. The van der Waals surface area contributed by atoms with E-state index in [4.69, 9.17) is 11.3 Å². The highest BCUT2D eigenvalue weighted by atomic mass is 16.5. The van der Waals surface area contributed by atoms with Gasteiger partial charge in [0.15, 0.2) is 5.69 Å². The fourth-order valence-corrected chi connectivity index (χ4v) is 1.51. The number of rotatable bonds is 7. The molecule has 2 nitrogen and oxygen atoms in total. The summed E-state index contributed by atoms with van der Waals surface area (Å²) in [5.74, 6) is 0.864. The van der Waals surface area contributed by atoms with Gasteiger partial charge in [0, 0.05) is 0 Å². The van der Waals surface area contributed by atoms with Gasteiger partial charge in [0.25, 0.3) is 0 Å². The van der Waals surface area contributed by atoms with Gasteiger partial charge in [0.1, 0.15) is 5.75 Å². The molecule has 0 N–H and O–H groups in total. The molecule has 0 aliphatic carbocycles. The maximum atomic E-state index is 6.83. The highest BCUT2D eigenvalue weighted by molar-refractivity contribution is 5.46. The Morgan fingerprint density at radius 3 is 2.38 bits per heavy atom. The minimum Gasteiger partial charge on any atom is -0.494 e. The first-order chi connectivity index (χ1) is 7.86. The number of benzene rings is 1. The van der Waals surface area contributed by atoms with E-state index in [9.17, 15) is 0 Å². The molecule has 1 rings (SSSR count). The second-order valence-corrected chi connectivity index (χ2v) is 3.87. The maximum Gasteiger partial charge on any atom is 0.187 e. The monoisotopic (exact) mass is 217 g/mol. The van der Waals surface area contributed by atoms with Crippen molar-refractivity contribution in [1.82, 2.24) is 0 Å². The third-order valence-corrected chi connectivity index (χ3v) is 2.48. The standard InChI is InChI=1S/C14H19NO/c1-3-4-5-6-7-12-16-14-10-8-13(15-2)9-11-14/h8-11H,3-7,12H2,1H3. The first-order valence-corrected chi connectivity index (χ1v) is 5.97. The minimum absolute atomic E-state index is 0.662. The van der Waals surface area contributed by atoms with Gasteiger partial charge in [-0.25, -0.2) is 4.85 Å². The fourth-order valence-electron chi connectivity index (χ4n) is 1.51. The molecule has 1 aromatic carbocycles. The number of hydrogen-bond donors (Lipinski definition) is 0. The van der Waals surface area contributed by atoms with Crippen molar-refractivity contribution in [3.05, 3.63) is 35.7 Å². The van der Waals surface area contributed by atoms with Crippen molar-refractivity contribution in [2.75, 3.05) is 6.61 Å². The third-order valence-electron chi connectivity index (χ3n) is 2.48. The molecule has 16 heavy (non-hydrogen) atoms. The minimum atomic E-state index is 0.662. The molecule has 0 radical (unpaired) electrons. The van der Waals surface area contributed by atoms with Crippen LogP contribution in [0.15, 0.2) is 24.3 Å². The molecule has 0 aliphatic rings. The van der Waals surface area contributed by atoms with E-state index in [-0.39, 0.29) is 0 Å². The quantitative estimate of drug-likeness (QED) is 0.481. The van der Waals surface area contributed by atoms with Crippen molar-refractivity contribution in [3.63, 3.8) is 0 Å². The van der Waals surface area contributed by atoms with Crippen molar-refractivity contribution >= 4 is 5.69 Å². The van der Waals surface area contributed by atoms with Crippen LogP contribution >= 0.6 is 0 Å². The molecule has 0 aromatic heterocycles. The van der Waals surface area contributed by atoms with Gasteiger partial charge in [-0.15, -0.1) is 0 Å². The highest BCUT2D eigenvalue weighted by Gasteiger charge is 1.94. The average Bonchev–Trinajstić information content (AvgIpc) is 2.34. The molecule has 0 atom stereocenters. The van der Waals surface area contributed by atoms with Crippen LogP contribution in [0.1, 0.15) is 39.0 Å². The van der Waals surface area contributed by atoms with E-state index in [0.29, 0.717) is 5.69 Å². The summed E-state index contributed by atoms with van der Waals surface area (Å²) in [7, 11) is 0. The van der Waals surface area contributed by atoms with Crippen LogP contribution in [0.2, 0.25) is 0 Å². The van der Waals surface area contributed by atoms with Crippen LogP contribution in [0, 0.1) is 6.57 Å². The average molecular weight is 217 g/mol. The molecular formula is C14H19NO. The summed E-state index contributed by atoms with van der Waals surface area (Å²) in [5.41, 5.74) is 0.662. The third kappa shape index (κ3) is 4.84. The summed E-state index contributed by atoms with van der Waals surface area (Å²) in [6.07, 6.45) is 6.26. The van der Waals surface area contributed by atoms with Gasteiger partial charge in [-0.3, -0.25) is 0 Å². The van der Waals surface area contributed by atoms with E-state index in [0.717, 1.165) is 18.8 Å². The summed E-state index contributed by atoms with van der Waals surface area (Å²) in [6.45, 7) is 9.83. The molecule has 86 valence electrons. The molecular weight excluding hydrogens is 198 g/mol. The molecule has 0 aliphatic heterocycles. The summed E-state index contributed by atoms with van der Waals surface area (Å²) in [4.78, 5) is 3.34. The molecule has 2 heteroatoms. The van der Waals surface area contributed by atoms with Gasteiger partial charge in [-0.1, -0.05) is 44.7 Å². The van der Waals surface area contributed by atoms with Crippen LogP contribution in [0.3, 0.4) is 0 Å². The van der Waals surface area contributed by atoms with Crippen LogP contribution in [0.4, 0.5) is 5.69 Å². The zero-order chi connectivity index (χ0) is 11.6. The summed E-state index contributed by atoms with van der Waals surface area (Å²) >= 11 is 0. The zero-order valence-electron chi connectivity index (χ0n) is 9.91. The first kappa shape index (κ1) is 12.6. The van der Waals surface area contributed by atoms with E-state index < -0.39 is 0 Å². The predicted octanol–water partition coefficient (Wildman–Crippen LogP) is 4.59. The predicted molar refractivity (Wildman–Crippen MR) is 67.0 cm³/mol. The van der Waals surface area contributed by atoms with Crippen molar-refractivity contribution in [3.8, 4) is 5.75 Å². The Morgan fingerprint density at radius 2 is 1.75 bits per heavy atom. The van der Waals surface area contributed by atoms with Gasteiger partial charge in [-0.05, 0) is 18.6 Å². The highest BCUT2D eigenvalue weighted by Crippen LogP contribution is 2.18. The van der Waals surface area contributed by atoms with Crippen LogP contribution in [-0.2, 0) is 0 Å².